The first-order valence-electron chi connectivity index (χ1n) is 11.7. The predicted molar refractivity (Wildman–Crippen MR) is 129 cm³/mol. The number of hydrogen-bond donors (Lipinski definition) is 2. The van der Waals surface area contributed by atoms with Crippen molar-refractivity contribution in [1.29, 1.82) is 0 Å². The Morgan fingerprint density at radius 1 is 1.06 bits per heavy atom. The zero-order valence-corrected chi connectivity index (χ0v) is 19.3. The van der Waals surface area contributed by atoms with E-state index < -0.39 is 0 Å². The average molecular weight is 434 g/mol. The molecule has 170 valence electrons. The number of nitrogens with one attached hydrogen (secondary N) is 2. The zero-order chi connectivity index (χ0) is 22.3. The maximum absolute atomic E-state index is 11.9. The van der Waals surface area contributed by atoms with E-state index in [0.717, 1.165) is 38.4 Å². The third-order valence-electron chi connectivity index (χ3n) is 6.49. The van der Waals surface area contributed by atoms with E-state index in [1.165, 1.54) is 16.7 Å². The smallest absolute Gasteiger partial charge is 0.222 e. The summed E-state index contributed by atoms with van der Waals surface area (Å²) in [7, 11) is 1.82. The van der Waals surface area contributed by atoms with Crippen LogP contribution in [0.5, 0.6) is 0 Å². The molecular weight excluding hydrogens is 398 g/mol. The van der Waals surface area contributed by atoms with Gasteiger partial charge in [0, 0.05) is 58.3 Å². The quantitative estimate of drug-likeness (QED) is 0.520. The van der Waals surface area contributed by atoms with Crippen LogP contribution in [0.1, 0.15) is 42.9 Å². The first-order valence-corrected chi connectivity index (χ1v) is 11.7. The second-order valence-corrected chi connectivity index (χ2v) is 9.01. The monoisotopic (exact) mass is 433 g/mol. The van der Waals surface area contributed by atoms with Crippen molar-refractivity contribution >= 4 is 11.9 Å². The van der Waals surface area contributed by atoms with Gasteiger partial charge in [0.05, 0.1) is 0 Å². The molecule has 6 nitrogen and oxygen atoms in total. The maximum Gasteiger partial charge on any atom is 0.222 e. The molecule has 2 saturated heterocycles. The third-order valence-corrected chi connectivity index (χ3v) is 6.49. The van der Waals surface area contributed by atoms with Gasteiger partial charge in [0.2, 0.25) is 5.91 Å². The molecule has 2 N–H and O–H groups in total. The molecule has 0 aromatic heterocycles. The highest BCUT2D eigenvalue weighted by molar-refractivity contribution is 5.80. The molecule has 2 fully saturated rings. The number of carbonyl (C=O) groups excluding carboxylic acids is 1. The normalized spacial score (nSPS) is 21.9. The molecular formula is C26H35N5O. The summed E-state index contributed by atoms with van der Waals surface area (Å²) in [6.07, 6.45) is 2.77. The van der Waals surface area contributed by atoms with Crippen LogP contribution < -0.4 is 10.6 Å². The summed E-state index contributed by atoms with van der Waals surface area (Å²) in [5.74, 6) is 1.11. The van der Waals surface area contributed by atoms with Gasteiger partial charge in [0.25, 0.3) is 0 Å². The van der Waals surface area contributed by atoms with E-state index in [-0.39, 0.29) is 5.91 Å². The average Bonchev–Trinajstić information content (AvgIpc) is 3.36. The van der Waals surface area contributed by atoms with E-state index in [2.05, 4.69) is 82.0 Å². The highest BCUT2D eigenvalue weighted by Crippen LogP contribution is 2.20. The Balaban J connectivity index is 1.27. The van der Waals surface area contributed by atoms with Crippen molar-refractivity contribution in [2.75, 3.05) is 20.1 Å². The molecule has 32 heavy (non-hydrogen) atoms. The van der Waals surface area contributed by atoms with Gasteiger partial charge in [-0.25, -0.2) is 0 Å². The molecule has 0 radical (unpaired) electrons. The summed E-state index contributed by atoms with van der Waals surface area (Å²) in [6, 6.07) is 20.1. The van der Waals surface area contributed by atoms with Crippen molar-refractivity contribution in [3.8, 4) is 0 Å². The lowest BCUT2D eigenvalue weighted by atomic mass is 10.1. The molecule has 6 heteroatoms. The van der Waals surface area contributed by atoms with Crippen LogP contribution in [0.25, 0.3) is 0 Å². The summed E-state index contributed by atoms with van der Waals surface area (Å²) in [5, 5.41) is 7.07. The summed E-state index contributed by atoms with van der Waals surface area (Å²) < 4.78 is 0. The minimum absolute atomic E-state index is 0.269. The van der Waals surface area contributed by atoms with Crippen molar-refractivity contribution in [2.24, 2.45) is 4.99 Å². The lowest BCUT2D eigenvalue weighted by molar-refractivity contribution is -0.128. The maximum atomic E-state index is 11.9. The predicted octanol–water partition coefficient (Wildman–Crippen LogP) is 3.14. The van der Waals surface area contributed by atoms with Crippen LogP contribution in [0.4, 0.5) is 0 Å². The Labute approximate surface area is 191 Å². The van der Waals surface area contributed by atoms with E-state index in [1.807, 2.05) is 11.9 Å². The van der Waals surface area contributed by atoms with Crippen molar-refractivity contribution in [3.05, 3.63) is 71.3 Å². The molecule has 0 spiro atoms. The van der Waals surface area contributed by atoms with Gasteiger partial charge in [-0.15, -0.1) is 0 Å². The molecule has 0 aliphatic carbocycles. The van der Waals surface area contributed by atoms with Crippen LogP contribution >= 0.6 is 0 Å². The summed E-state index contributed by atoms with van der Waals surface area (Å²) >= 11 is 0. The first kappa shape index (κ1) is 22.3. The number of aliphatic imine (C=N–C) groups is 1. The van der Waals surface area contributed by atoms with Gasteiger partial charge in [0.1, 0.15) is 0 Å². The number of rotatable bonds is 7. The fraction of sp³-hybridized carbons (Fsp3) is 0.462. The number of hydrogen-bond acceptors (Lipinski definition) is 3. The highest BCUT2D eigenvalue weighted by atomic mass is 16.2. The molecule has 0 bridgehead atoms. The Morgan fingerprint density at radius 2 is 1.84 bits per heavy atom. The van der Waals surface area contributed by atoms with E-state index in [1.54, 1.807) is 0 Å². The Kier molecular flexibility index (Phi) is 7.43. The number of amides is 1. The fourth-order valence-electron chi connectivity index (χ4n) is 4.74. The second kappa shape index (κ2) is 10.6. The molecule has 2 heterocycles. The molecule has 1 amide bonds. The number of guanidine groups is 1. The summed E-state index contributed by atoms with van der Waals surface area (Å²) in [4.78, 5) is 20.8. The topological polar surface area (TPSA) is 60.0 Å². The Morgan fingerprint density at radius 3 is 2.59 bits per heavy atom. The van der Waals surface area contributed by atoms with Crippen molar-refractivity contribution < 1.29 is 4.79 Å². The summed E-state index contributed by atoms with van der Waals surface area (Å²) in [5.41, 5.74) is 3.74. The van der Waals surface area contributed by atoms with Crippen LogP contribution in [0.2, 0.25) is 0 Å². The molecule has 0 saturated carbocycles. The zero-order valence-electron chi connectivity index (χ0n) is 19.3. The number of carbonyl (C=O) groups is 1. The van der Waals surface area contributed by atoms with Crippen molar-refractivity contribution in [1.82, 2.24) is 20.4 Å². The lowest BCUT2D eigenvalue weighted by Crippen LogP contribution is -2.44. The molecule has 2 aromatic carbocycles. The molecule has 2 aromatic rings. The van der Waals surface area contributed by atoms with Gasteiger partial charge < -0.3 is 15.5 Å². The van der Waals surface area contributed by atoms with E-state index >= 15 is 0 Å². The van der Waals surface area contributed by atoms with Crippen molar-refractivity contribution in [2.45, 2.75) is 57.9 Å². The van der Waals surface area contributed by atoms with Crippen LogP contribution in [-0.2, 0) is 24.4 Å². The van der Waals surface area contributed by atoms with E-state index in [4.69, 9.17) is 0 Å². The third kappa shape index (κ3) is 5.88. The fourth-order valence-corrected chi connectivity index (χ4v) is 4.74. The number of benzene rings is 2. The standard InChI is InChI=1S/C26H35N5O/c1-20-14-24(19-31(20)17-21-8-4-3-5-9-21)29-26(27-2)28-16-22-10-6-11-23(15-22)18-30-13-7-12-25(30)32/h3-6,8-11,15,20,24H,7,12-14,16-19H2,1-2H3,(H2,27,28,29). The SMILES string of the molecule is CN=C(NCc1cccc(CN2CCCC2=O)c1)NC1CC(C)N(Cc2ccccc2)C1. The molecule has 2 aliphatic rings. The molecule has 2 atom stereocenters. The molecule has 2 aliphatic heterocycles. The van der Waals surface area contributed by atoms with Crippen LogP contribution in [0.3, 0.4) is 0 Å². The van der Waals surface area contributed by atoms with Crippen LogP contribution in [-0.4, -0.2) is 53.9 Å². The lowest BCUT2D eigenvalue weighted by Gasteiger charge is -2.21. The van der Waals surface area contributed by atoms with Gasteiger partial charge >= 0.3 is 0 Å². The van der Waals surface area contributed by atoms with Gasteiger partial charge in [-0.05, 0) is 36.5 Å². The number of likely N-dealkylation sites (tertiary alicyclic amines) is 2. The van der Waals surface area contributed by atoms with Crippen molar-refractivity contribution in [3.63, 3.8) is 0 Å². The van der Waals surface area contributed by atoms with E-state index in [0.29, 0.717) is 31.6 Å². The van der Waals surface area contributed by atoms with Gasteiger partial charge in [-0.1, -0.05) is 54.6 Å². The van der Waals surface area contributed by atoms with Gasteiger partial charge in [0.15, 0.2) is 5.96 Å². The molecule has 4 rings (SSSR count). The largest absolute Gasteiger partial charge is 0.352 e. The van der Waals surface area contributed by atoms with Gasteiger partial charge in [-0.3, -0.25) is 14.7 Å². The number of nitrogens with zero attached hydrogens (tertiary/aromatic N) is 3. The second-order valence-electron chi connectivity index (χ2n) is 9.01. The Bertz CT molecular complexity index is 929. The van der Waals surface area contributed by atoms with Crippen LogP contribution in [0, 0.1) is 0 Å². The molecule has 2 unspecified atom stereocenters. The highest BCUT2D eigenvalue weighted by Gasteiger charge is 2.29. The first-order chi connectivity index (χ1) is 15.6. The van der Waals surface area contributed by atoms with E-state index in [9.17, 15) is 4.79 Å². The van der Waals surface area contributed by atoms with Gasteiger partial charge in [-0.2, -0.15) is 0 Å². The summed E-state index contributed by atoms with van der Waals surface area (Å²) in [6.45, 7) is 6.58. The Hall–Kier alpha value is -2.86. The minimum atomic E-state index is 0.269. The minimum Gasteiger partial charge on any atom is -0.352 e. The van der Waals surface area contributed by atoms with Crippen LogP contribution in [0.15, 0.2) is 59.6 Å².